The number of hydrogen-bond donors (Lipinski definition) is 2. The quantitative estimate of drug-likeness (QED) is 0.686. The molecule has 0 bridgehead atoms. The monoisotopic (exact) mass is 254 g/mol. The molecule has 1 aliphatic heterocycles. The molecule has 0 aromatic carbocycles. The van der Waals surface area contributed by atoms with Crippen molar-refractivity contribution in [2.45, 2.75) is 83.7 Å². The molecule has 0 radical (unpaired) electrons. The summed E-state index contributed by atoms with van der Waals surface area (Å²) in [6, 6.07) is 0.366. The molecule has 3 nitrogen and oxygen atoms in total. The Kier molecular flexibility index (Phi) is 8.06. The van der Waals surface area contributed by atoms with Gasteiger partial charge in [0.15, 0.2) is 0 Å². The maximum atomic E-state index is 12.1. The van der Waals surface area contributed by atoms with Gasteiger partial charge in [0.2, 0.25) is 5.91 Å². The molecule has 0 aromatic rings. The highest BCUT2D eigenvalue weighted by molar-refractivity contribution is 5.81. The van der Waals surface area contributed by atoms with Crippen molar-refractivity contribution in [3.63, 3.8) is 0 Å². The van der Waals surface area contributed by atoms with E-state index in [4.69, 9.17) is 0 Å². The molecule has 1 amide bonds. The molecule has 1 rings (SSSR count). The first kappa shape index (κ1) is 15.5. The van der Waals surface area contributed by atoms with Crippen LogP contribution in [0.2, 0.25) is 0 Å². The van der Waals surface area contributed by atoms with Crippen LogP contribution < -0.4 is 10.6 Å². The van der Waals surface area contributed by atoms with Crippen molar-refractivity contribution in [3.8, 4) is 0 Å². The zero-order chi connectivity index (χ0) is 13.2. The Morgan fingerprint density at radius 3 is 2.89 bits per heavy atom. The first-order valence-corrected chi connectivity index (χ1v) is 7.77. The minimum absolute atomic E-state index is 0.0468. The number of carbonyl (C=O) groups is 1. The molecule has 0 saturated carbocycles. The number of amides is 1. The van der Waals surface area contributed by atoms with E-state index in [2.05, 4.69) is 24.5 Å². The molecule has 1 aliphatic rings. The second-order valence-electron chi connectivity index (χ2n) is 5.62. The number of rotatable bonds is 7. The van der Waals surface area contributed by atoms with Crippen molar-refractivity contribution < 1.29 is 4.79 Å². The number of nitrogens with one attached hydrogen (secondary N) is 2. The zero-order valence-electron chi connectivity index (χ0n) is 12.1. The Bertz CT molecular complexity index is 223. The molecule has 1 fully saturated rings. The molecule has 0 spiro atoms. The normalized spacial score (nSPS) is 22.2. The van der Waals surface area contributed by atoms with Gasteiger partial charge < -0.3 is 10.6 Å². The summed E-state index contributed by atoms with van der Waals surface area (Å²) in [5.41, 5.74) is 0. The van der Waals surface area contributed by atoms with E-state index in [1.165, 1.54) is 44.9 Å². The van der Waals surface area contributed by atoms with Gasteiger partial charge in [-0.05, 0) is 32.7 Å². The van der Waals surface area contributed by atoms with Gasteiger partial charge >= 0.3 is 0 Å². The molecule has 2 N–H and O–H groups in total. The van der Waals surface area contributed by atoms with Crippen LogP contribution in [0.3, 0.4) is 0 Å². The molecular formula is C15H30N2O. The summed E-state index contributed by atoms with van der Waals surface area (Å²) in [7, 11) is 0. The molecule has 3 heteroatoms. The van der Waals surface area contributed by atoms with Crippen LogP contribution in [0, 0.1) is 0 Å². The van der Waals surface area contributed by atoms with Gasteiger partial charge in [0.05, 0.1) is 6.04 Å². The fourth-order valence-electron chi connectivity index (χ4n) is 2.55. The maximum absolute atomic E-state index is 12.1. The molecule has 18 heavy (non-hydrogen) atoms. The van der Waals surface area contributed by atoms with Crippen LogP contribution in [-0.2, 0) is 4.79 Å². The minimum atomic E-state index is 0.0468. The van der Waals surface area contributed by atoms with E-state index in [1.54, 1.807) is 0 Å². The lowest BCUT2D eigenvalue weighted by Crippen LogP contribution is -2.46. The lowest BCUT2D eigenvalue weighted by atomic mass is 10.1. The third-order valence-electron chi connectivity index (χ3n) is 3.76. The topological polar surface area (TPSA) is 41.1 Å². The summed E-state index contributed by atoms with van der Waals surface area (Å²) in [6.07, 6.45) is 10.8. The minimum Gasteiger partial charge on any atom is -0.352 e. The first-order valence-electron chi connectivity index (χ1n) is 7.77. The van der Waals surface area contributed by atoms with Crippen molar-refractivity contribution in [1.82, 2.24) is 10.6 Å². The van der Waals surface area contributed by atoms with Crippen LogP contribution in [0.5, 0.6) is 0 Å². The van der Waals surface area contributed by atoms with Crippen molar-refractivity contribution in [2.75, 3.05) is 6.54 Å². The maximum Gasteiger partial charge on any atom is 0.237 e. The van der Waals surface area contributed by atoms with Gasteiger partial charge in [-0.3, -0.25) is 4.79 Å². The van der Waals surface area contributed by atoms with Gasteiger partial charge in [-0.15, -0.1) is 0 Å². The Morgan fingerprint density at radius 2 is 2.11 bits per heavy atom. The second-order valence-corrected chi connectivity index (χ2v) is 5.62. The average molecular weight is 254 g/mol. The fourth-order valence-corrected chi connectivity index (χ4v) is 2.55. The highest BCUT2D eigenvalue weighted by Crippen LogP contribution is 2.10. The van der Waals surface area contributed by atoms with E-state index in [-0.39, 0.29) is 11.9 Å². The molecule has 106 valence electrons. The SMILES string of the molecule is CCCCCCC(C)NC(=O)C1CCCCCN1. The number of unbranched alkanes of at least 4 members (excludes halogenated alkanes) is 3. The predicted molar refractivity (Wildman–Crippen MR) is 76.6 cm³/mol. The molecule has 2 atom stereocenters. The van der Waals surface area contributed by atoms with E-state index >= 15 is 0 Å². The first-order chi connectivity index (χ1) is 8.74. The molecule has 2 unspecified atom stereocenters. The fraction of sp³-hybridized carbons (Fsp3) is 0.933. The van der Waals surface area contributed by atoms with Crippen molar-refractivity contribution in [1.29, 1.82) is 0 Å². The highest BCUT2D eigenvalue weighted by Gasteiger charge is 2.20. The Balaban J connectivity index is 2.17. The van der Waals surface area contributed by atoms with Crippen LogP contribution in [0.15, 0.2) is 0 Å². The van der Waals surface area contributed by atoms with Crippen LogP contribution in [0.25, 0.3) is 0 Å². The molecule has 0 aliphatic carbocycles. The lowest BCUT2D eigenvalue weighted by molar-refractivity contribution is -0.123. The third kappa shape index (κ3) is 6.39. The van der Waals surface area contributed by atoms with E-state index in [9.17, 15) is 4.79 Å². The van der Waals surface area contributed by atoms with Crippen molar-refractivity contribution in [2.24, 2.45) is 0 Å². The second kappa shape index (κ2) is 9.37. The predicted octanol–water partition coefficient (Wildman–Crippen LogP) is 2.99. The molecule has 1 saturated heterocycles. The summed E-state index contributed by atoms with van der Waals surface area (Å²) in [4.78, 5) is 12.1. The standard InChI is InChI=1S/C15H30N2O/c1-3-4-5-7-10-13(2)17-15(18)14-11-8-6-9-12-16-14/h13-14,16H,3-12H2,1-2H3,(H,17,18). The summed E-state index contributed by atoms with van der Waals surface area (Å²) in [5, 5.41) is 6.50. The lowest BCUT2D eigenvalue weighted by Gasteiger charge is -2.19. The van der Waals surface area contributed by atoms with Crippen molar-refractivity contribution >= 4 is 5.91 Å². The van der Waals surface area contributed by atoms with E-state index < -0.39 is 0 Å². The van der Waals surface area contributed by atoms with E-state index in [1.807, 2.05) is 0 Å². The van der Waals surface area contributed by atoms with Crippen LogP contribution in [0.1, 0.15) is 71.6 Å². The van der Waals surface area contributed by atoms with Gasteiger partial charge in [0, 0.05) is 6.04 Å². The smallest absolute Gasteiger partial charge is 0.237 e. The van der Waals surface area contributed by atoms with Gasteiger partial charge in [-0.25, -0.2) is 0 Å². The average Bonchev–Trinajstić information content (AvgIpc) is 2.63. The summed E-state index contributed by atoms with van der Waals surface area (Å²) in [6.45, 7) is 5.34. The van der Waals surface area contributed by atoms with Gasteiger partial charge in [-0.2, -0.15) is 0 Å². The summed E-state index contributed by atoms with van der Waals surface area (Å²) < 4.78 is 0. The third-order valence-corrected chi connectivity index (χ3v) is 3.76. The molecule has 1 heterocycles. The van der Waals surface area contributed by atoms with E-state index in [0.717, 1.165) is 19.4 Å². The van der Waals surface area contributed by atoms with Crippen molar-refractivity contribution in [3.05, 3.63) is 0 Å². The van der Waals surface area contributed by atoms with E-state index in [0.29, 0.717) is 6.04 Å². The van der Waals surface area contributed by atoms with Crippen LogP contribution in [0.4, 0.5) is 0 Å². The number of carbonyl (C=O) groups excluding carboxylic acids is 1. The molecular weight excluding hydrogens is 224 g/mol. The largest absolute Gasteiger partial charge is 0.352 e. The number of hydrogen-bond acceptors (Lipinski definition) is 2. The Hall–Kier alpha value is -0.570. The molecule has 0 aromatic heterocycles. The Morgan fingerprint density at radius 1 is 1.28 bits per heavy atom. The highest BCUT2D eigenvalue weighted by atomic mass is 16.2. The zero-order valence-corrected chi connectivity index (χ0v) is 12.1. The Labute approximate surface area is 112 Å². The summed E-state index contributed by atoms with van der Waals surface area (Å²) in [5.74, 6) is 0.208. The summed E-state index contributed by atoms with van der Waals surface area (Å²) >= 11 is 0. The van der Waals surface area contributed by atoms with Gasteiger partial charge in [0.1, 0.15) is 0 Å². The van der Waals surface area contributed by atoms with Gasteiger partial charge in [-0.1, -0.05) is 45.4 Å². The van der Waals surface area contributed by atoms with Crippen LogP contribution in [-0.4, -0.2) is 24.5 Å². The van der Waals surface area contributed by atoms with Crippen LogP contribution >= 0.6 is 0 Å². The van der Waals surface area contributed by atoms with Gasteiger partial charge in [0.25, 0.3) is 0 Å².